The predicted molar refractivity (Wildman–Crippen MR) is 83.4 cm³/mol. The molecule has 0 saturated heterocycles. The molecule has 1 N–H and O–H groups in total. The van der Waals surface area contributed by atoms with Gasteiger partial charge in [0.25, 0.3) is 0 Å². The first-order chi connectivity index (χ1) is 9.90. The summed E-state index contributed by atoms with van der Waals surface area (Å²) in [6.07, 6.45) is 1.42. The molecule has 0 saturated carbocycles. The number of carboxylic acids is 1. The number of thiophene rings is 1. The van der Waals surface area contributed by atoms with E-state index >= 15 is 0 Å². The smallest absolute Gasteiger partial charge is 0.139 e. The van der Waals surface area contributed by atoms with Crippen molar-refractivity contribution in [2.24, 2.45) is 5.92 Å². The molecule has 2 aromatic rings. The van der Waals surface area contributed by atoms with E-state index in [1.807, 2.05) is 26.8 Å². The van der Waals surface area contributed by atoms with Gasteiger partial charge < -0.3 is 15.2 Å². The van der Waals surface area contributed by atoms with Crippen LogP contribution in [0.3, 0.4) is 0 Å². The van der Waals surface area contributed by atoms with Crippen LogP contribution in [-0.4, -0.2) is 22.0 Å². The van der Waals surface area contributed by atoms with Crippen LogP contribution in [0.4, 0.5) is 5.82 Å². The van der Waals surface area contributed by atoms with E-state index in [9.17, 15) is 9.90 Å². The van der Waals surface area contributed by atoms with Gasteiger partial charge in [-0.05, 0) is 31.7 Å². The molecular formula is C15H20N3O2S-. The number of anilines is 1. The molecule has 0 radical (unpaired) electrons. The van der Waals surface area contributed by atoms with Crippen LogP contribution in [0.15, 0.2) is 6.07 Å². The first-order valence-corrected chi connectivity index (χ1v) is 7.96. The Morgan fingerprint density at radius 3 is 2.71 bits per heavy atom. The molecule has 114 valence electrons. The first-order valence-electron chi connectivity index (χ1n) is 7.15. The van der Waals surface area contributed by atoms with E-state index in [0.29, 0.717) is 18.1 Å². The van der Waals surface area contributed by atoms with Crippen molar-refractivity contribution in [2.45, 2.75) is 46.6 Å². The van der Waals surface area contributed by atoms with Crippen molar-refractivity contribution in [3.05, 3.63) is 16.8 Å². The van der Waals surface area contributed by atoms with Crippen LogP contribution in [0.2, 0.25) is 0 Å². The van der Waals surface area contributed by atoms with Gasteiger partial charge in [0.15, 0.2) is 0 Å². The number of hydrogen-bond donors (Lipinski definition) is 1. The topological polar surface area (TPSA) is 77.9 Å². The number of carboxylic acid groups (broad SMARTS) is 1. The van der Waals surface area contributed by atoms with Crippen LogP contribution in [0.25, 0.3) is 10.2 Å². The molecule has 6 heteroatoms. The molecule has 0 fully saturated rings. The number of rotatable bonds is 6. The van der Waals surface area contributed by atoms with Crippen molar-refractivity contribution in [1.82, 2.24) is 9.97 Å². The van der Waals surface area contributed by atoms with Gasteiger partial charge in [0.1, 0.15) is 16.5 Å². The second-order valence-corrected chi connectivity index (χ2v) is 6.67. The number of aryl methyl sites for hydroxylation is 2. The van der Waals surface area contributed by atoms with E-state index in [1.54, 1.807) is 11.3 Å². The fourth-order valence-electron chi connectivity index (χ4n) is 2.21. The molecule has 2 heterocycles. The molecule has 0 aliphatic rings. The van der Waals surface area contributed by atoms with E-state index in [4.69, 9.17) is 0 Å². The molecule has 0 bridgehead atoms. The highest BCUT2D eigenvalue weighted by Gasteiger charge is 2.16. The van der Waals surface area contributed by atoms with Crippen molar-refractivity contribution in [1.29, 1.82) is 0 Å². The van der Waals surface area contributed by atoms with Gasteiger partial charge in [0, 0.05) is 4.88 Å². The Bertz CT molecular complexity index is 652. The number of nitrogens with one attached hydrogen (secondary N) is 1. The summed E-state index contributed by atoms with van der Waals surface area (Å²) in [6.45, 7) is 7.86. The molecule has 2 rings (SSSR count). The van der Waals surface area contributed by atoms with Crippen LogP contribution in [0.5, 0.6) is 0 Å². The molecule has 0 aliphatic heterocycles. The van der Waals surface area contributed by atoms with Crippen molar-refractivity contribution >= 4 is 33.3 Å². The Hall–Kier alpha value is -1.69. The average Bonchev–Trinajstić information content (AvgIpc) is 2.80. The van der Waals surface area contributed by atoms with Crippen LogP contribution >= 0.6 is 11.3 Å². The van der Waals surface area contributed by atoms with E-state index in [2.05, 4.69) is 22.2 Å². The lowest BCUT2D eigenvalue weighted by atomic mass is 10.0. The lowest BCUT2D eigenvalue weighted by molar-refractivity contribution is -0.307. The van der Waals surface area contributed by atoms with E-state index in [0.717, 1.165) is 16.6 Å². The van der Waals surface area contributed by atoms with Gasteiger partial charge in [0.2, 0.25) is 0 Å². The van der Waals surface area contributed by atoms with Gasteiger partial charge in [-0.25, -0.2) is 9.97 Å². The van der Waals surface area contributed by atoms with Gasteiger partial charge in [-0.15, -0.1) is 11.3 Å². The minimum Gasteiger partial charge on any atom is -0.548 e. The maximum atomic E-state index is 11.3. The summed E-state index contributed by atoms with van der Waals surface area (Å²) in [6, 6.07) is 1.29. The number of aromatic nitrogens is 2. The van der Waals surface area contributed by atoms with E-state index in [-0.39, 0.29) is 5.92 Å². The van der Waals surface area contributed by atoms with Gasteiger partial charge in [-0.2, -0.15) is 0 Å². The van der Waals surface area contributed by atoms with Gasteiger partial charge in [0.05, 0.1) is 17.4 Å². The SMILES string of the molecule is CCc1cc2c(N[C@H](CC(C)C)C(=O)[O-])nc(C)nc2s1. The number of hydrogen-bond acceptors (Lipinski definition) is 6. The molecule has 1 atom stereocenters. The molecular weight excluding hydrogens is 286 g/mol. The summed E-state index contributed by atoms with van der Waals surface area (Å²) in [5.41, 5.74) is 0. The summed E-state index contributed by atoms with van der Waals surface area (Å²) in [4.78, 5) is 22.2. The monoisotopic (exact) mass is 306 g/mol. The second-order valence-electron chi connectivity index (χ2n) is 5.55. The van der Waals surface area contributed by atoms with Crippen molar-refractivity contribution in [3.8, 4) is 0 Å². The predicted octanol–water partition coefficient (Wildman–Crippen LogP) is 2.14. The highest BCUT2D eigenvalue weighted by molar-refractivity contribution is 7.18. The van der Waals surface area contributed by atoms with Crippen molar-refractivity contribution < 1.29 is 9.90 Å². The highest BCUT2D eigenvalue weighted by Crippen LogP contribution is 2.30. The summed E-state index contributed by atoms with van der Waals surface area (Å²) in [5, 5.41) is 15.2. The second kappa shape index (κ2) is 6.39. The Balaban J connectivity index is 2.39. The molecule has 0 unspecified atom stereocenters. The number of fused-ring (bicyclic) bond motifs is 1. The molecule has 0 aromatic carbocycles. The lowest BCUT2D eigenvalue weighted by Crippen LogP contribution is -2.42. The molecule has 0 amide bonds. The normalized spacial score (nSPS) is 12.8. The largest absolute Gasteiger partial charge is 0.548 e. The first kappa shape index (κ1) is 15.7. The van der Waals surface area contributed by atoms with Crippen LogP contribution in [0, 0.1) is 12.8 Å². The molecule has 21 heavy (non-hydrogen) atoms. The van der Waals surface area contributed by atoms with E-state index in [1.165, 1.54) is 4.88 Å². The minimum absolute atomic E-state index is 0.257. The zero-order valence-electron chi connectivity index (χ0n) is 12.8. The van der Waals surface area contributed by atoms with Crippen molar-refractivity contribution in [2.75, 3.05) is 5.32 Å². The molecule has 0 spiro atoms. The van der Waals surface area contributed by atoms with Gasteiger partial charge in [-0.3, -0.25) is 0 Å². The van der Waals surface area contributed by atoms with Crippen molar-refractivity contribution in [3.63, 3.8) is 0 Å². The fraction of sp³-hybridized carbons (Fsp3) is 0.533. The summed E-state index contributed by atoms with van der Waals surface area (Å²) < 4.78 is 0. The third-order valence-corrected chi connectivity index (χ3v) is 4.38. The highest BCUT2D eigenvalue weighted by atomic mass is 32.1. The fourth-order valence-corrected chi connectivity index (χ4v) is 3.23. The summed E-state index contributed by atoms with van der Waals surface area (Å²) in [7, 11) is 0. The Labute approximate surface area is 128 Å². The third kappa shape index (κ3) is 3.69. The van der Waals surface area contributed by atoms with Crippen LogP contribution in [0.1, 0.15) is 37.9 Å². The van der Waals surface area contributed by atoms with Crippen LogP contribution in [-0.2, 0) is 11.2 Å². The average molecular weight is 306 g/mol. The standard InChI is InChI=1S/C15H21N3O2S/c1-5-10-7-11-13(16-9(4)17-14(11)21-10)18-12(15(19)20)6-8(2)3/h7-8,12H,5-6H2,1-4H3,(H,19,20)(H,16,17,18)/p-1/t12-/m1/s1. The van der Waals surface area contributed by atoms with Gasteiger partial charge in [-0.1, -0.05) is 20.8 Å². The zero-order chi connectivity index (χ0) is 15.6. The molecule has 5 nitrogen and oxygen atoms in total. The number of nitrogens with zero attached hydrogens (tertiary/aromatic N) is 2. The van der Waals surface area contributed by atoms with Crippen LogP contribution < -0.4 is 10.4 Å². The number of carbonyl (C=O) groups is 1. The number of aliphatic carboxylic acids is 1. The lowest BCUT2D eigenvalue weighted by Gasteiger charge is -2.22. The minimum atomic E-state index is -1.10. The maximum absolute atomic E-state index is 11.3. The molecule has 2 aromatic heterocycles. The Morgan fingerprint density at radius 1 is 1.43 bits per heavy atom. The quantitative estimate of drug-likeness (QED) is 0.884. The Kier molecular flexibility index (Phi) is 4.77. The zero-order valence-corrected chi connectivity index (χ0v) is 13.6. The number of carbonyl (C=O) groups excluding carboxylic acids is 1. The Morgan fingerprint density at radius 2 is 2.14 bits per heavy atom. The molecule has 0 aliphatic carbocycles. The summed E-state index contributed by atoms with van der Waals surface area (Å²) >= 11 is 1.62. The van der Waals surface area contributed by atoms with Gasteiger partial charge >= 0.3 is 0 Å². The van der Waals surface area contributed by atoms with E-state index < -0.39 is 12.0 Å². The third-order valence-electron chi connectivity index (χ3n) is 3.21. The summed E-state index contributed by atoms with van der Waals surface area (Å²) in [5.74, 6) is 0.381. The maximum Gasteiger partial charge on any atom is 0.139 e.